The maximum absolute atomic E-state index is 12.1. The number of rotatable bonds is 2. The first-order valence-corrected chi connectivity index (χ1v) is 6.81. The molecule has 0 aromatic carbocycles. The summed E-state index contributed by atoms with van der Waals surface area (Å²) < 4.78 is 5.40. The second kappa shape index (κ2) is 6.09. The molecule has 1 saturated heterocycles. The lowest BCUT2D eigenvalue weighted by molar-refractivity contribution is -0.00352. The number of hydrogen-bond donors (Lipinski definition) is 2. The van der Waals surface area contributed by atoms with E-state index in [4.69, 9.17) is 4.74 Å². The molecule has 1 aromatic heterocycles. The van der Waals surface area contributed by atoms with E-state index in [1.807, 2.05) is 26.8 Å². The average Bonchev–Trinajstić information content (AvgIpc) is 2.37. The number of ether oxygens (including phenoxy) is 1. The molecule has 110 valence electrons. The zero-order chi connectivity index (χ0) is 14.7. The monoisotopic (exact) mass is 279 g/mol. The van der Waals surface area contributed by atoms with Crippen molar-refractivity contribution in [1.29, 1.82) is 0 Å². The van der Waals surface area contributed by atoms with E-state index < -0.39 is 0 Å². The van der Waals surface area contributed by atoms with E-state index in [0.29, 0.717) is 25.3 Å². The molecule has 1 aliphatic heterocycles. The van der Waals surface area contributed by atoms with Gasteiger partial charge in [-0.25, -0.2) is 4.79 Å². The molecular formula is C14H21N3O3. The lowest BCUT2D eigenvalue weighted by atomic mass is 10.1. The van der Waals surface area contributed by atoms with Crippen molar-refractivity contribution in [2.24, 2.45) is 0 Å². The number of nitrogens with one attached hydrogen (secondary N) is 2. The van der Waals surface area contributed by atoms with Crippen molar-refractivity contribution in [2.75, 3.05) is 19.7 Å². The van der Waals surface area contributed by atoms with Crippen LogP contribution in [0.3, 0.4) is 0 Å². The zero-order valence-corrected chi connectivity index (χ0v) is 12.2. The number of aryl methyl sites for hydroxylation is 2. The van der Waals surface area contributed by atoms with Gasteiger partial charge in [0, 0.05) is 24.3 Å². The molecule has 0 radical (unpaired) electrons. The molecule has 2 N–H and O–H groups in total. The molecule has 2 amide bonds. The Morgan fingerprint density at radius 2 is 2.30 bits per heavy atom. The minimum Gasteiger partial charge on any atom is -0.375 e. The van der Waals surface area contributed by atoms with Crippen LogP contribution in [0, 0.1) is 13.8 Å². The Balaban J connectivity index is 1.98. The summed E-state index contributed by atoms with van der Waals surface area (Å²) in [4.78, 5) is 28.4. The third-order valence-electron chi connectivity index (χ3n) is 3.44. The highest BCUT2D eigenvalue weighted by Gasteiger charge is 2.21. The van der Waals surface area contributed by atoms with E-state index in [-0.39, 0.29) is 24.2 Å². The zero-order valence-electron chi connectivity index (χ0n) is 12.2. The summed E-state index contributed by atoms with van der Waals surface area (Å²) in [5, 5.41) is 2.80. The van der Waals surface area contributed by atoms with Gasteiger partial charge in [-0.1, -0.05) is 0 Å². The Kier molecular flexibility index (Phi) is 4.44. The number of nitrogens with zero attached hydrogens (tertiary/aromatic N) is 1. The molecule has 0 aliphatic carbocycles. The molecule has 2 rings (SSSR count). The molecule has 1 fully saturated rings. The van der Waals surface area contributed by atoms with E-state index in [1.165, 1.54) is 0 Å². The SMILES string of the molecule is Cc1cc(C)c(CNC(=O)N2CCO[C@H](C)C2)c(=O)[nH]1. The minimum atomic E-state index is -0.153. The van der Waals surface area contributed by atoms with Gasteiger partial charge in [0.15, 0.2) is 0 Å². The van der Waals surface area contributed by atoms with E-state index in [2.05, 4.69) is 10.3 Å². The maximum atomic E-state index is 12.1. The van der Waals surface area contributed by atoms with Gasteiger partial charge in [0.1, 0.15) is 0 Å². The van der Waals surface area contributed by atoms with Crippen LogP contribution in [-0.4, -0.2) is 41.7 Å². The standard InChI is InChI=1S/C14H21N3O3/c1-9-6-10(2)16-13(18)12(9)7-15-14(19)17-4-5-20-11(3)8-17/h6,11H,4-5,7-8H2,1-3H3,(H,15,19)(H,16,18)/t11-/m1/s1. The first-order valence-electron chi connectivity index (χ1n) is 6.81. The van der Waals surface area contributed by atoms with Crippen LogP contribution in [0.4, 0.5) is 4.79 Å². The number of amides is 2. The highest BCUT2D eigenvalue weighted by molar-refractivity contribution is 5.74. The van der Waals surface area contributed by atoms with Gasteiger partial charge in [0.25, 0.3) is 5.56 Å². The molecule has 1 aliphatic rings. The molecule has 6 heteroatoms. The van der Waals surface area contributed by atoms with E-state index in [9.17, 15) is 9.59 Å². The number of aromatic nitrogens is 1. The molecule has 0 saturated carbocycles. The number of aromatic amines is 1. The summed E-state index contributed by atoms with van der Waals surface area (Å²) in [6.45, 7) is 7.61. The summed E-state index contributed by atoms with van der Waals surface area (Å²) >= 11 is 0. The smallest absolute Gasteiger partial charge is 0.317 e. The van der Waals surface area contributed by atoms with Crippen LogP contribution in [0.2, 0.25) is 0 Å². The molecule has 1 aromatic rings. The van der Waals surface area contributed by atoms with E-state index in [0.717, 1.165) is 11.3 Å². The van der Waals surface area contributed by atoms with Gasteiger partial charge >= 0.3 is 6.03 Å². The van der Waals surface area contributed by atoms with Crippen molar-refractivity contribution in [3.8, 4) is 0 Å². The Morgan fingerprint density at radius 1 is 1.55 bits per heavy atom. The van der Waals surface area contributed by atoms with Crippen molar-refractivity contribution in [2.45, 2.75) is 33.4 Å². The lowest BCUT2D eigenvalue weighted by Crippen LogP contribution is -2.49. The molecule has 1 atom stereocenters. The number of urea groups is 1. The Morgan fingerprint density at radius 3 is 2.95 bits per heavy atom. The fourth-order valence-corrected chi connectivity index (χ4v) is 2.38. The number of carbonyl (C=O) groups is 1. The second-order valence-electron chi connectivity index (χ2n) is 5.23. The molecule has 20 heavy (non-hydrogen) atoms. The van der Waals surface area contributed by atoms with Crippen molar-refractivity contribution in [1.82, 2.24) is 15.2 Å². The van der Waals surface area contributed by atoms with Crippen LogP contribution >= 0.6 is 0 Å². The number of pyridine rings is 1. The third-order valence-corrected chi connectivity index (χ3v) is 3.44. The predicted octanol–water partition coefficient (Wildman–Crippen LogP) is 0.922. The van der Waals surface area contributed by atoms with Gasteiger partial charge in [0.2, 0.25) is 0 Å². The van der Waals surface area contributed by atoms with E-state index in [1.54, 1.807) is 4.90 Å². The topological polar surface area (TPSA) is 74.4 Å². The number of H-pyrrole nitrogens is 1. The number of hydrogen-bond acceptors (Lipinski definition) is 3. The van der Waals surface area contributed by atoms with Crippen LogP contribution in [0.5, 0.6) is 0 Å². The van der Waals surface area contributed by atoms with Crippen molar-refractivity contribution in [3.63, 3.8) is 0 Å². The Labute approximate surface area is 118 Å². The van der Waals surface area contributed by atoms with Crippen molar-refractivity contribution in [3.05, 3.63) is 33.2 Å². The second-order valence-corrected chi connectivity index (χ2v) is 5.23. The summed E-state index contributed by atoms with van der Waals surface area (Å²) in [6, 6.07) is 1.75. The predicted molar refractivity (Wildman–Crippen MR) is 75.8 cm³/mol. The van der Waals surface area contributed by atoms with Gasteiger partial charge in [0.05, 0.1) is 19.3 Å². The molecule has 0 bridgehead atoms. The molecular weight excluding hydrogens is 258 g/mol. The van der Waals surface area contributed by atoms with Crippen LogP contribution in [0.25, 0.3) is 0 Å². The summed E-state index contributed by atoms with van der Waals surface area (Å²) in [7, 11) is 0. The molecule has 0 unspecified atom stereocenters. The normalized spacial score (nSPS) is 18.9. The van der Waals surface area contributed by atoms with Gasteiger partial charge in [-0.15, -0.1) is 0 Å². The average molecular weight is 279 g/mol. The highest BCUT2D eigenvalue weighted by Crippen LogP contribution is 2.06. The van der Waals surface area contributed by atoms with Crippen molar-refractivity contribution >= 4 is 6.03 Å². The van der Waals surface area contributed by atoms with Crippen molar-refractivity contribution < 1.29 is 9.53 Å². The van der Waals surface area contributed by atoms with Gasteiger partial charge in [-0.2, -0.15) is 0 Å². The summed E-state index contributed by atoms with van der Waals surface area (Å²) in [6.07, 6.45) is 0.0546. The number of morpholine rings is 1. The van der Waals surface area contributed by atoms with Gasteiger partial charge in [-0.05, 0) is 32.4 Å². The molecule has 0 spiro atoms. The fraction of sp³-hybridized carbons (Fsp3) is 0.571. The largest absolute Gasteiger partial charge is 0.375 e. The summed E-state index contributed by atoms with van der Waals surface area (Å²) in [5.74, 6) is 0. The first kappa shape index (κ1) is 14.6. The van der Waals surface area contributed by atoms with Gasteiger partial charge in [-0.3, -0.25) is 4.79 Å². The first-order chi connectivity index (χ1) is 9.47. The van der Waals surface area contributed by atoms with Crippen LogP contribution in [0.1, 0.15) is 23.7 Å². The molecule has 6 nitrogen and oxygen atoms in total. The molecule has 2 heterocycles. The Hall–Kier alpha value is -1.82. The summed E-state index contributed by atoms with van der Waals surface area (Å²) in [5.41, 5.74) is 2.18. The third kappa shape index (κ3) is 3.39. The van der Waals surface area contributed by atoms with Gasteiger partial charge < -0.3 is 19.9 Å². The number of carbonyl (C=O) groups excluding carboxylic acids is 1. The highest BCUT2D eigenvalue weighted by atomic mass is 16.5. The maximum Gasteiger partial charge on any atom is 0.317 e. The Bertz CT molecular complexity index is 553. The van der Waals surface area contributed by atoms with Crippen LogP contribution in [-0.2, 0) is 11.3 Å². The minimum absolute atomic E-state index is 0.0546. The van der Waals surface area contributed by atoms with E-state index >= 15 is 0 Å². The van der Waals surface area contributed by atoms with Crippen LogP contribution in [0.15, 0.2) is 10.9 Å². The lowest BCUT2D eigenvalue weighted by Gasteiger charge is -2.31. The van der Waals surface area contributed by atoms with Crippen LogP contribution < -0.4 is 10.9 Å². The quantitative estimate of drug-likeness (QED) is 0.845. The fourth-order valence-electron chi connectivity index (χ4n) is 2.38.